The quantitative estimate of drug-likeness (QED) is 0.933. The number of fused-ring (bicyclic) bond motifs is 1. The predicted molar refractivity (Wildman–Crippen MR) is 76.9 cm³/mol. The molecule has 1 fully saturated rings. The van der Waals surface area contributed by atoms with Crippen LogP contribution < -0.4 is 10.2 Å². The number of rotatable bonds is 3. The summed E-state index contributed by atoms with van der Waals surface area (Å²) in [6, 6.07) is 4.21. The zero-order valence-electron chi connectivity index (χ0n) is 11.0. The second-order valence-electron chi connectivity index (χ2n) is 4.85. The first-order chi connectivity index (χ1) is 9.28. The van der Waals surface area contributed by atoms with Crippen molar-refractivity contribution in [2.45, 2.75) is 25.8 Å². The van der Waals surface area contributed by atoms with Gasteiger partial charge in [-0.3, -0.25) is 0 Å². The van der Waals surface area contributed by atoms with Crippen molar-refractivity contribution in [3.63, 3.8) is 0 Å². The van der Waals surface area contributed by atoms with E-state index in [0.717, 1.165) is 31.2 Å². The molecule has 0 bridgehead atoms. The predicted octanol–water partition coefficient (Wildman–Crippen LogP) is 1.96. The summed E-state index contributed by atoms with van der Waals surface area (Å²) in [5.74, 6) is 0.790. The zero-order valence-corrected chi connectivity index (χ0v) is 11.8. The zero-order chi connectivity index (χ0) is 13.2. The minimum atomic E-state index is 0.478. The van der Waals surface area contributed by atoms with Crippen LogP contribution in [0.15, 0.2) is 18.3 Å². The average molecular weight is 280 g/mol. The molecule has 6 heteroatoms. The van der Waals surface area contributed by atoms with Gasteiger partial charge in [0.05, 0.1) is 5.02 Å². The van der Waals surface area contributed by atoms with Crippen LogP contribution in [0.1, 0.15) is 19.8 Å². The number of nitrogens with zero attached hydrogens (tertiary/aromatic N) is 4. The number of piperidine rings is 1. The van der Waals surface area contributed by atoms with Gasteiger partial charge >= 0.3 is 0 Å². The Morgan fingerprint density at radius 3 is 3.16 bits per heavy atom. The van der Waals surface area contributed by atoms with Crippen molar-refractivity contribution in [2.75, 3.05) is 24.5 Å². The molecule has 0 spiro atoms. The maximum Gasteiger partial charge on any atom is 0.245 e. The van der Waals surface area contributed by atoms with Gasteiger partial charge in [0.15, 0.2) is 5.65 Å². The number of aromatic nitrogens is 3. The lowest BCUT2D eigenvalue weighted by Gasteiger charge is -2.33. The van der Waals surface area contributed by atoms with E-state index in [2.05, 4.69) is 27.2 Å². The number of hydrogen-bond acceptors (Lipinski definition) is 4. The van der Waals surface area contributed by atoms with Crippen LogP contribution in [0.4, 0.5) is 5.95 Å². The van der Waals surface area contributed by atoms with Crippen molar-refractivity contribution in [1.29, 1.82) is 0 Å². The fourth-order valence-electron chi connectivity index (χ4n) is 2.63. The van der Waals surface area contributed by atoms with E-state index in [-0.39, 0.29) is 0 Å². The molecule has 0 aliphatic carbocycles. The van der Waals surface area contributed by atoms with Gasteiger partial charge in [0, 0.05) is 25.3 Å². The molecule has 1 saturated heterocycles. The van der Waals surface area contributed by atoms with Gasteiger partial charge in [0.25, 0.3) is 0 Å². The molecule has 1 N–H and O–H groups in total. The third-order valence-electron chi connectivity index (χ3n) is 3.59. The third-order valence-corrected chi connectivity index (χ3v) is 3.82. The van der Waals surface area contributed by atoms with Crippen LogP contribution in [0.3, 0.4) is 0 Å². The van der Waals surface area contributed by atoms with Crippen LogP contribution in [0, 0.1) is 0 Å². The highest BCUT2D eigenvalue weighted by molar-refractivity contribution is 6.30. The fraction of sp³-hybridized carbons (Fsp3) is 0.538. The van der Waals surface area contributed by atoms with Crippen molar-refractivity contribution in [2.24, 2.45) is 0 Å². The first kappa shape index (κ1) is 12.7. The van der Waals surface area contributed by atoms with Crippen LogP contribution in [-0.4, -0.2) is 40.3 Å². The number of hydrogen-bond donors (Lipinski definition) is 1. The number of nitrogens with one attached hydrogen (secondary N) is 1. The Morgan fingerprint density at radius 1 is 1.53 bits per heavy atom. The Bertz CT molecular complexity index is 561. The molecule has 1 aliphatic heterocycles. The molecule has 1 atom stereocenters. The van der Waals surface area contributed by atoms with Gasteiger partial charge in [-0.05, 0) is 38.4 Å². The van der Waals surface area contributed by atoms with Crippen molar-refractivity contribution in [3.05, 3.63) is 23.4 Å². The molecular weight excluding hydrogens is 262 g/mol. The maximum atomic E-state index is 5.98. The molecule has 0 amide bonds. The van der Waals surface area contributed by atoms with Gasteiger partial charge in [-0.1, -0.05) is 11.6 Å². The molecule has 19 heavy (non-hydrogen) atoms. The summed E-state index contributed by atoms with van der Waals surface area (Å²) in [6.07, 6.45) is 4.19. The van der Waals surface area contributed by atoms with E-state index < -0.39 is 0 Å². The van der Waals surface area contributed by atoms with Gasteiger partial charge < -0.3 is 10.2 Å². The van der Waals surface area contributed by atoms with Crippen molar-refractivity contribution in [3.8, 4) is 0 Å². The Labute approximate surface area is 117 Å². The standard InChI is InChI=1S/C13H18ClN5/c1-2-18(11-4-3-7-15-8-11)13-16-12-6-5-10(14)9-19(12)17-13/h5-6,9,11,15H,2-4,7-8H2,1H3. The summed E-state index contributed by atoms with van der Waals surface area (Å²) in [7, 11) is 0. The maximum absolute atomic E-state index is 5.98. The molecular formula is C13H18ClN5. The van der Waals surface area contributed by atoms with Crippen LogP contribution in [0.2, 0.25) is 5.02 Å². The van der Waals surface area contributed by atoms with Crippen molar-refractivity contribution >= 4 is 23.2 Å². The molecule has 1 aliphatic rings. The van der Waals surface area contributed by atoms with E-state index in [1.54, 1.807) is 10.7 Å². The summed E-state index contributed by atoms with van der Waals surface area (Å²) in [6.45, 7) is 5.18. The summed E-state index contributed by atoms with van der Waals surface area (Å²) in [5, 5.41) is 8.65. The largest absolute Gasteiger partial charge is 0.336 e. The van der Waals surface area contributed by atoms with Crippen LogP contribution >= 0.6 is 11.6 Å². The Morgan fingerprint density at radius 2 is 2.42 bits per heavy atom. The molecule has 1 unspecified atom stereocenters. The van der Waals surface area contributed by atoms with E-state index in [4.69, 9.17) is 11.6 Å². The number of anilines is 1. The van der Waals surface area contributed by atoms with E-state index in [0.29, 0.717) is 11.1 Å². The SMILES string of the molecule is CCN(c1nc2ccc(Cl)cn2n1)C1CCCNC1. The monoisotopic (exact) mass is 279 g/mol. The van der Waals surface area contributed by atoms with Crippen LogP contribution in [-0.2, 0) is 0 Å². The van der Waals surface area contributed by atoms with Crippen LogP contribution in [0.5, 0.6) is 0 Å². The second kappa shape index (κ2) is 5.35. The number of halogens is 1. The molecule has 3 heterocycles. The molecule has 0 radical (unpaired) electrons. The van der Waals surface area contributed by atoms with E-state index >= 15 is 0 Å². The third kappa shape index (κ3) is 2.53. The molecule has 3 rings (SSSR count). The van der Waals surface area contributed by atoms with E-state index in [9.17, 15) is 0 Å². The highest BCUT2D eigenvalue weighted by atomic mass is 35.5. The number of likely N-dealkylation sites (N-methyl/N-ethyl adjacent to an activating group) is 1. The second-order valence-corrected chi connectivity index (χ2v) is 5.28. The Hall–Kier alpha value is -1.33. The molecule has 2 aromatic rings. The van der Waals surface area contributed by atoms with Gasteiger partial charge in [0.2, 0.25) is 5.95 Å². The smallest absolute Gasteiger partial charge is 0.245 e. The van der Waals surface area contributed by atoms with Gasteiger partial charge in [-0.15, -0.1) is 5.10 Å². The summed E-state index contributed by atoms with van der Waals surface area (Å²) in [5.41, 5.74) is 0.835. The Kier molecular flexibility index (Phi) is 3.57. The molecule has 2 aromatic heterocycles. The first-order valence-corrected chi connectivity index (χ1v) is 7.15. The molecule has 0 aromatic carbocycles. The minimum Gasteiger partial charge on any atom is -0.336 e. The average Bonchev–Trinajstić information content (AvgIpc) is 2.83. The minimum absolute atomic E-state index is 0.478. The lowest BCUT2D eigenvalue weighted by atomic mass is 10.1. The van der Waals surface area contributed by atoms with Crippen molar-refractivity contribution < 1.29 is 0 Å². The highest BCUT2D eigenvalue weighted by Gasteiger charge is 2.22. The van der Waals surface area contributed by atoms with E-state index in [1.165, 1.54) is 12.8 Å². The lowest BCUT2D eigenvalue weighted by Crippen LogP contribution is -2.46. The Balaban J connectivity index is 1.91. The van der Waals surface area contributed by atoms with E-state index in [1.807, 2.05) is 12.1 Å². The van der Waals surface area contributed by atoms with Gasteiger partial charge in [-0.25, -0.2) is 4.52 Å². The normalized spacial score (nSPS) is 19.8. The summed E-state index contributed by atoms with van der Waals surface area (Å²) >= 11 is 5.98. The fourth-order valence-corrected chi connectivity index (χ4v) is 2.79. The molecule has 0 saturated carbocycles. The van der Waals surface area contributed by atoms with Gasteiger partial charge in [0.1, 0.15) is 0 Å². The lowest BCUT2D eigenvalue weighted by molar-refractivity contribution is 0.431. The van der Waals surface area contributed by atoms with Gasteiger partial charge in [-0.2, -0.15) is 4.98 Å². The van der Waals surface area contributed by atoms with Crippen LogP contribution in [0.25, 0.3) is 5.65 Å². The van der Waals surface area contributed by atoms with Crippen molar-refractivity contribution in [1.82, 2.24) is 19.9 Å². The molecule has 5 nitrogen and oxygen atoms in total. The topological polar surface area (TPSA) is 45.5 Å². The summed E-state index contributed by atoms with van der Waals surface area (Å²) < 4.78 is 1.75. The first-order valence-electron chi connectivity index (χ1n) is 6.77. The number of pyridine rings is 1. The highest BCUT2D eigenvalue weighted by Crippen LogP contribution is 2.19. The summed E-state index contributed by atoms with van der Waals surface area (Å²) in [4.78, 5) is 6.86. The molecule has 102 valence electrons.